The molecule has 132 valence electrons. The molecule has 0 aliphatic carbocycles. The van der Waals surface area contributed by atoms with E-state index in [0.29, 0.717) is 13.1 Å². The third kappa shape index (κ3) is 4.43. The summed E-state index contributed by atoms with van der Waals surface area (Å²) in [6, 6.07) is 1.51. The fourth-order valence-corrected chi connectivity index (χ4v) is 2.79. The first kappa shape index (κ1) is 18.2. The molecule has 24 heavy (non-hydrogen) atoms. The van der Waals surface area contributed by atoms with Crippen molar-refractivity contribution in [3.8, 4) is 0 Å². The summed E-state index contributed by atoms with van der Waals surface area (Å²) in [5.41, 5.74) is 0.960. The Morgan fingerprint density at radius 1 is 1.12 bits per heavy atom. The lowest BCUT2D eigenvalue weighted by atomic mass is 10.2. The Hall–Kier alpha value is -2.18. The molecule has 0 spiro atoms. The van der Waals surface area contributed by atoms with Crippen LogP contribution in [0.4, 0.5) is 5.82 Å². The molecule has 1 saturated heterocycles. The van der Waals surface area contributed by atoms with E-state index in [1.807, 2.05) is 13.0 Å². The molecule has 2 amide bonds. The maximum Gasteiger partial charge on any atom is 0.244 e. The zero-order valence-electron chi connectivity index (χ0n) is 15.2. The number of aryl methyl sites for hydroxylation is 1. The van der Waals surface area contributed by atoms with Crippen LogP contribution >= 0.6 is 0 Å². The van der Waals surface area contributed by atoms with Gasteiger partial charge in [0.05, 0.1) is 0 Å². The third-order valence-electron chi connectivity index (χ3n) is 4.08. The van der Waals surface area contributed by atoms with Gasteiger partial charge in [0, 0.05) is 50.8 Å². The molecule has 2 heterocycles. The summed E-state index contributed by atoms with van der Waals surface area (Å²) < 4.78 is 0. The van der Waals surface area contributed by atoms with Crippen molar-refractivity contribution >= 4 is 17.6 Å². The lowest BCUT2D eigenvalue weighted by Gasteiger charge is -2.36. The minimum atomic E-state index is -0.483. The number of rotatable bonds is 4. The quantitative estimate of drug-likeness (QED) is 0.892. The van der Waals surface area contributed by atoms with Crippen LogP contribution in [0.2, 0.25) is 0 Å². The van der Waals surface area contributed by atoms with E-state index in [2.05, 4.69) is 34.0 Å². The van der Waals surface area contributed by atoms with Crippen molar-refractivity contribution in [3.05, 3.63) is 17.6 Å². The molecule has 1 atom stereocenters. The number of hydrogen-bond acceptors (Lipinski definition) is 5. The van der Waals surface area contributed by atoms with E-state index >= 15 is 0 Å². The van der Waals surface area contributed by atoms with E-state index in [-0.39, 0.29) is 17.7 Å². The number of nitrogens with zero attached hydrogens (tertiary/aromatic N) is 4. The number of anilines is 1. The smallest absolute Gasteiger partial charge is 0.244 e. The lowest BCUT2D eigenvalue weighted by Crippen LogP contribution is -2.54. The summed E-state index contributed by atoms with van der Waals surface area (Å²) in [5.74, 6) is 1.83. The van der Waals surface area contributed by atoms with Gasteiger partial charge in [0.25, 0.3) is 0 Å². The lowest BCUT2D eigenvalue weighted by molar-refractivity contribution is -0.135. The van der Waals surface area contributed by atoms with Crippen molar-refractivity contribution in [2.24, 2.45) is 0 Å². The molecule has 0 aromatic carbocycles. The fraction of sp³-hybridized carbons (Fsp3) is 0.647. The first-order valence-corrected chi connectivity index (χ1v) is 8.44. The van der Waals surface area contributed by atoms with Crippen LogP contribution in [0.1, 0.15) is 45.1 Å². The van der Waals surface area contributed by atoms with Gasteiger partial charge in [-0.15, -0.1) is 0 Å². The average molecular weight is 333 g/mol. The largest absolute Gasteiger partial charge is 0.353 e. The molecular formula is C17H27N5O2. The van der Waals surface area contributed by atoms with Crippen molar-refractivity contribution in [3.63, 3.8) is 0 Å². The Labute approximate surface area is 143 Å². The molecular weight excluding hydrogens is 306 g/mol. The van der Waals surface area contributed by atoms with Crippen LogP contribution in [0.25, 0.3) is 0 Å². The molecule has 0 bridgehead atoms. The van der Waals surface area contributed by atoms with Gasteiger partial charge >= 0.3 is 0 Å². The van der Waals surface area contributed by atoms with Crippen LogP contribution in [-0.2, 0) is 9.59 Å². The van der Waals surface area contributed by atoms with Gasteiger partial charge < -0.3 is 15.1 Å². The maximum atomic E-state index is 12.3. The van der Waals surface area contributed by atoms with E-state index in [4.69, 9.17) is 0 Å². The minimum absolute atomic E-state index is 0.0356. The molecule has 1 N–H and O–H groups in total. The summed E-state index contributed by atoms with van der Waals surface area (Å²) >= 11 is 0. The summed E-state index contributed by atoms with van der Waals surface area (Å²) in [6.45, 7) is 12.0. The number of aromatic nitrogens is 2. The third-order valence-corrected chi connectivity index (χ3v) is 4.08. The predicted octanol–water partition coefficient (Wildman–Crippen LogP) is 1.08. The van der Waals surface area contributed by atoms with Gasteiger partial charge in [0.1, 0.15) is 17.7 Å². The van der Waals surface area contributed by atoms with E-state index < -0.39 is 6.04 Å². The monoisotopic (exact) mass is 333 g/mol. The highest BCUT2D eigenvalue weighted by atomic mass is 16.2. The van der Waals surface area contributed by atoms with Gasteiger partial charge in [-0.2, -0.15) is 0 Å². The molecule has 2 rings (SSSR count). The summed E-state index contributed by atoms with van der Waals surface area (Å²) in [4.78, 5) is 36.6. The molecule has 1 fully saturated rings. The summed E-state index contributed by atoms with van der Waals surface area (Å²) in [5, 5.41) is 2.65. The van der Waals surface area contributed by atoms with Gasteiger partial charge in [-0.05, 0) is 13.8 Å². The Bertz CT molecular complexity index is 609. The summed E-state index contributed by atoms with van der Waals surface area (Å²) in [6.07, 6.45) is 0. The Balaban J connectivity index is 2.00. The SMILES string of the molecule is CC(=O)N[C@@H](C)C(=O)N1CCN(c2cc(C)nc(C(C)C)n2)CC1. The molecule has 0 radical (unpaired) electrons. The van der Waals surface area contributed by atoms with Crippen LogP contribution in [-0.4, -0.2) is 58.9 Å². The van der Waals surface area contributed by atoms with Crippen LogP contribution < -0.4 is 10.2 Å². The highest BCUT2D eigenvalue weighted by molar-refractivity contribution is 5.86. The van der Waals surface area contributed by atoms with Crippen molar-refractivity contribution in [1.82, 2.24) is 20.2 Å². The van der Waals surface area contributed by atoms with E-state index in [0.717, 1.165) is 30.4 Å². The summed E-state index contributed by atoms with van der Waals surface area (Å²) in [7, 11) is 0. The average Bonchev–Trinajstić information content (AvgIpc) is 2.53. The number of carbonyl (C=O) groups is 2. The first-order valence-electron chi connectivity index (χ1n) is 8.44. The van der Waals surface area contributed by atoms with Crippen molar-refractivity contribution < 1.29 is 9.59 Å². The molecule has 0 unspecified atom stereocenters. The second-order valence-corrected chi connectivity index (χ2v) is 6.61. The molecule has 1 aromatic rings. The highest BCUT2D eigenvalue weighted by Crippen LogP contribution is 2.18. The highest BCUT2D eigenvalue weighted by Gasteiger charge is 2.26. The molecule has 0 saturated carbocycles. The van der Waals surface area contributed by atoms with Crippen molar-refractivity contribution in [1.29, 1.82) is 0 Å². The zero-order chi connectivity index (χ0) is 17.9. The van der Waals surface area contributed by atoms with Gasteiger partial charge in [-0.3, -0.25) is 9.59 Å². The van der Waals surface area contributed by atoms with Crippen molar-refractivity contribution in [2.45, 2.75) is 46.6 Å². The maximum absolute atomic E-state index is 12.3. The second kappa shape index (κ2) is 7.59. The van der Waals surface area contributed by atoms with Gasteiger partial charge in [-0.25, -0.2) is 9.97 Å². The van der Waals surface area contributed by atoms with E-state index in [1.165, 1.54) is 6.92 Å². The molecule has 1 aromatic heterocycles. The number of amides is 2. The molecule has 7 heteroatoms. The zero-order valence-corrected chi connectivity index (χ0v) is 15.2. The number of hydrogen-bond donors (Lipinski definition) is 1. The number of carbonyl (C=O) groups excluding carboxylic acids is 2. The second-order valence-electron chi connectivity index (χ2n) is 6.61. The Kier molecular flexibility index (Phi) is 5.75. The minimum Gasteiger partial charge on any atom is -0.353 e. The van der Waals surface area contributed by atoms with Crippen LogP contribution in [0.5, 0.6) is 0 Å². The number of nitrogens with one attached hydrogen (secondary N) is 1. The van der Waals surface area contributed by atoms with E-state index in [1.54, 1.807) is 11.8 Å². The molecule has 1 aliphatic rings. The van der Waals surface area contributed by atoms with Crippen LogP contribution in [0.15, 0.2) is 6.07 Å². The van der Waals surface area contributed by atoms with Gasteiger partial charge in [0.2, 0.25) is 11.8 Å². The predicted molar refractivity (Wildman–Crippen MR) is 92.9 cm³/mol. The fourth-order valence-electron chi connectivity index (χ4n) is 2.79. The Morgan fingerprint density at radius 3 is 2.29 bits per heavy atom. The van der Waals surface area contributed by atoms with E-state index in [9.17, 15) is 9.59 Å². The topological polar surface area (TPSA) is 78.4 Å². The standard InChI is InChI=1S/C17H27N5O2/c1-11(2)16-18-12(3)10-15(20-16)21-6-8-22(9-7-21)17(24)13(4)19-14(5)23/h10-11,13H,6-9H2,1-5H3,(H,19,23)/t13-/m0/s1. The van der Waals surface area contributed by atoms with Gasteiger partial charge in [0.15, 0.2) is 0 Å². The molecule has 1 aliphatic heterocycles. The Morgan fingerprint density at radius 2 is 1.75 bits per heavy atom. The normalized spacial score (nSPS) is 16.2. The van der Waals surface area contributed by atoms with Gasteiger partial charge in [-0.1, -0.05) is 13.8 Å². The number of piperazine rings is 1. The van der Waals surface area contributed by atoms with Crippen LogP contribution in [0, 0.1) is 6.92 Å². The first-order chi connectivity index (χ1) is 11.3. The molecule has 7 nitrogen and oxygen atoms in total. The van der Waals surface area contributed by atoms with Crippen LogP contribution in [0.3, 0.4) is 0 Å². The van der Waals surface area contributed by atoms with Crippen molar-refractivity contribution in [2.75, 3.05) is 31.1 Å².